The highest BCUT2D eigenvalue weighted by Crippen LogP contribution is 2.19. The van der Waals surface area contributed by atoms with Gasteiger partial charge in [-0.15, -0.1) is 0 Å². The fourth-order valence-corrected chi connectivity index (χ4v) is 2.74. The Morgan fingerprint density at radius 2 is 2.16 bits per heavy atom. The van der Waals surface area contributed by atoms with E-state index < -0.39 is 10.8 Å². The Kier molecular flexibility index (Phi) is 4.55. The van der Waals surface area contributed by atoms with Gasteiger partial charge in [0.15, 0.2) is 0 Å². The third-order valence-corrected chi connectivity index (χ3v) is 4.22. The number of aliphatic hydroxyl groups is 1. The normalized spacial score (nSPS) is 20.3. The number of hydrogen-bond acceptors (Lipinski definition) is 3. The Balaban J connectivity index is 2.00. The number of urea groups is 1. The van der Waals surface area contributed by atoms with Gasteiger partial charge < -0.3 is 15.3 Å². The molecule has 1 aromatic rings. The standard InChI is InChI=1S/C13H18N2O3S/c1-19(18)12-6-4-10(5-7-12)14-13(17)15-8-2-3-11(15)9-16/h4-7,11,16H,2-3,8-9H2,1H3,(H,14,17). The molecule has 1 aliphatic heterocycles. The number of nitrogens with one attached hydrogen (secondary N) is 1. The van der Waals surface area contributed by atoms with Crippen molar-refractivity contribution < 1.29 is 14.1 Å². The van der Waals surface area contributed by atoms with E-state index in [1.54, 1.807) is 35.4 Å². The number of hydrogen-bond donors (Lipinski definition) is 2. The van der Waals surface area contributed by atoms with Crippen molar-refractivity contribution in [1.82, 2.24) is 4.90 Å². The molecule has 1 heterocycles. The predicted molar refractivity (Wildman–Crippen MR) is 74.6 cm³/mol. The van der Waals surface area contributed by atoms with Crippen LogP contribution >= 0.6 is 0 Å². The molecule has 2 atom stereocenters. The van der Waals surface area contributed by atoms with Crippen molar-refractivity contribution in [2.24, 2.45) is 0 Å². The lowest BCUT2D eigenvalue weighted by Crippen LogP contribution is -2.40. The maximum Gasteiger partial charge on any atom is 0.322 e. The molecule has 2 unspecified atom stereocenters. The van der Waals surface area contributed by atoms with Crippen LogP contribution in [-0.4, -0.2) is 45.7 Å². The van der Waals surface area contributed by atoms with Crippen molar-refractivity contribution in [3.8, 4) is 0 Å². The molecule has 19 heavy (non-hydrogen) atoms. The van der Waals surface area contributed by atoms with Gasteiger partial charge in [0.25, 0.3) is 0 Å². The molecule has 0 radical (unpaired) electrons. The van der Waals surface area contributed by atoms with Gasteiger partial charge in [-0.05, 0) is 37.1 Å². The molecular weight excluding hydrogens is 264 g/mol. The highest BCUT2D eigenvalue weighted by molar-refractivity contribution is 7.84. The Morgan fingerprint density at radius 1 is 1.47 bits per heavy atom. The van der Waals surface area contributed by atoms with Gasteiger partial charge in [0.1, 0.15) is 0 Å². The SMILES string of the molecule is CS(=O)c1ccc(NC(=O)N2CCCC2CO)cc1. The van der Waals surface area contributed by atoms with Crippen LogP contribution < -0.4 is 5.32 Å². The summed E-state index contributed by atoms with van der Waals surface area (Å²) in [6.45, 7) is 0.676. The number of nitrogens with zero attached hydrogens (tertiary/aromatic N) is 1. The quantitative estimate of drug-likeness (QED) is 0.880. The molecule has 5 nitrogen and oxygen atoms in total. The second kappa shape index (κ2) is 6.16. The molecule has 2 rings (SSSR count). The van der Waals surface area contributed by atoms with Crippen molar-refractivity contribution in [2.75, 3.05) is 24.7 Å². The first-order valence-corrected chi connectivity index (χ1v) is 7.79. The van der Waals surface area contributed by atoms with E-state index in [9.17, 15) is 14.1 Å². The van der Waals surface area contributed by atoms with E-state index in [-0.39, 0.29) is 18.7 Å². The Morgan fingerprint density at radius 3 is 2.74 bits per heavy atom. The number of amides is 2. The first kappa shape index (κ1) is 14.0. The molecule has 2 N–H and O–H groups in total. The summed E-state index contributed by atoms with van der Waals surface area (Å²) in [6.07, 6.45) is 3.38. The molecular formula is C13H18N2O3S. The molecule has 6 heteroatoms. The summed E-state index contributed by atoms with van der Waals surface area (Å²) in [5.41, 5.74) is 0.669. The summed E-state index contributed by atoms with van der Waals surface area (Å²) >= 11 is 0. The molecule has 2 amide bonds. The fraction of sp³-hybridized carbons (Fsp3) is 0.462. The Bertz CT molecular complexity index is 475. The van der Waals surface area contributed by atoms with E-state index in [1.807, 2.05) is 0 Å². The minimum absolute atomic E-state index is 0.00117. The molecule has 104 valence electrons. The maximum atomic E-state index is 12.0. The molecule has 0 aliphatic carbocycles. The smallest absolute Gasteiger partial charge is 0.322 e. The van der Waals surface area contributed by atoms with E-state index in [2.05, 4.69) is 5.32 Å². The lowest BCUT2D eigenvalue weighted by Gasteiger charge is -2.23. The lowest BCUT2D eigenvalue weighted by atomic mass is 10.2. The van der Waals surface area contributed by atoms with Crippen LogP contribution in [0, 0.1) is 0 Å². The topological polar surface area (TPSA) is 69.6 Å². The minimum atomic E-state index is -1.02. The zero-order valence-electron chi connectivity index (χ0n) is 10.8. The van der Waals surface area contributed by atoms with Crippen molar-refractivity contribution in [3.63, 3.8) is 0 Å². The molecule has 1 fully saturated rings. The van der Waals surface area contributed by atoms with E-state index in [0.29, 0.717) is 12.2 Å². The molecule has 0 spiro atoms. The van der Waals surface area contributed by atoms with Crippen LogP contribution in [0.1, 0.15) is 12.8 Å². The van der Waals surface area contributed by atoms with Crippen LogP contribution in [0.5, 0.6) is 0 Å². The predicted octanol–water partition coefficient (Wildman–Crippen LogP) is 1.41. The van der Waals surface area contributed by atoms with E-state index in [0.717, 1.165) is 17.7 Å². The average Bonchev–Trinajstić information content (AvgIpc) is 2.87. The van der Waals surface area contributed by atoms with Crippen LogP contribution in [-0.2, 0) is 10.8 Å². The molecule has 1 aliphatic rings. The molecule has 1 aromatic carbocycles. The summed E-state index contributed by atoms with van der Waals surface area (Å²) in [4.78, 5) is 14.4. The third-order valence-electron chi connectivity index (χ3n) is 3.29. The summed E-state index contributed by atoms with van der Waals surface area (Å²) in [5.74, 6) is 0. The monoisotopic (exact) mass is 282 g/mol. The minimum Gasteiger partial charge on any atom is -0.394 e. The van der Waals surface area contributed by atoms with Crippen molar-refractivity contribution in [1.29, 1.82) is 0 Å². The fourth-order valence-electron chi connectivity index (χ4n) is 2.22. The summed E-state index contributed by atoms with van der Waals surface area (Å²) in [5, 5.41) is 12.0. The van der Waals surface area contributed by atoms with Gasteiger partial charge in [-0.25, -0.2) is 4.79 Å². The number of likely N-dealkylation sites (tertiary alicyclic amines) is 1. The lowest BCUT2D eigenvalue weighted by molar-refractivity contribution is 0.166. The van der Waals surface area contributed by atoms with Gasteiger partial charge >= 0.3 is 6.03 Å². The van der Waals surface area contributed by atoms with E-state index in [4.69, 9.17) is 0 Å². The van der Waals surface area contributed by atoms with Crippen LogP contribution in [0.2, 0.25) is 0 Å². The van der Waals surface area contributed by atoms with Gasteiger partial charge in [-0.1, -0.05) is 0 Å². The van der Waals surface area contributed by atoms with Crippen molar-refractivity contribution >= 4 is 22.5 Å². The zero-order chi connectivity index (χ0) is 13.8. The number of benzene rings is 1. The van der Waals surface area contributed by atoms with Gasteiger partial charge in [-0.2, -0.15) is 0 Å². The van der Waals surface area contributed by atoms with E-state index >= 15 is 0 Å². The summed E-state index contributed by atoms with van der Waals surface area (Å²) in [7, 11) is -1.02. The first-order chi connectivity index (χ1) is 9.11. The molecule has 1 saturated heterocycles. The van der Waals surface area contributed by atoms with Crippen LogP contribution in [0.25, 0.3) is 0 Å². The van der Waals surface area contributed by atoms with Crippen molar-refractivity contribution in [3.05, 3.63) is 24.3 Å². The number of aliphatic hydroxyl groups excluding tert-OH is 1. The average molecular weight is 282 g/mol. The number of carbonyl (C=O) groups excluding carboxylic acids is 1. The number of carbonyl (C=O) groups is 1. The van der Waals surface area contributed by atoms with Crippen LogP contribution in [0.3, 0.4) is 0 Å². The largest absolute Gasteiger partial charge is 0.394 e. The molecule has 0 saturated carbocycles. The van der Waals surface area contributed by atoms with Crippen LogP contribution in [0.4, 0.5) is 10.5 Å². The summed E-state index contributed by atoms with van der Waals surface area (Å²) in [6, 6.07) is 6.67. The first-order valence-electron chi connectivity index (χ1n) is 6.24. The summed E-state index contributed by atoms with van der Waals surface area (Å²) < 4.78 is 11.3. The van der Waals surface area contributed by atoms with Crippen molar-refractivity contribution in [2.45, 2.75) is 23.8 Å². The number of rotatable bonds is 3. The second-order valence-corrected chi connectivity index (χ2v) is 5.96. The maximum absolute atomic E-state index is 12.0. The molecule has 0 aromatic heterocycles. The zero-order valence-corrected chi connectivity index (χ0v) is 11.7. The number of anilines is 1. The van der Waals surface area contributed by atoms with E-state index in [1.165, 1.54) is 0 Å². The second-order valence-electron chi connectivity index (χ2n) is 4.58. The van der Waals surface area contributed by atoms with Gasteiger partial charge in [-0.3, -0.25) is 4.21 Å². The highest BCUT2D eigenvalue weighted by atomic mass is 32.2. The van der Waals surface area contributed by atoms with Gasteiger partial charge in [0.2, 0.25) is 0 Å². The third kappa shape index (κ3) is 3.33. The Labute approximate surface area is 115 Å². The van der Waals surface area contributed by atoms with Gasteiger partial charge in [0, 0.05) is 34.2 Å². The molecule has 0 bridgehead atoms. The highest BCUT2D eigenvalue weighted by Gasteiger charge is 2.27. The Hall–Kier alpha value is -1.40. The van der Waals surface area contributed by atoms with Crippen LogP contribution in [0.15, 0.2) is 29.2 Å². The van der Waals surface area contributed by atoms with Gasteiger partial charge in [0.05, 0.1) is 12.6 Å².